The molecular formula is C6H17O7PSi. The Kier molecular flexibility index (Phi) is 5.09. The first-order valence-corrected chi connectivity index (χ1v) is 7.88. The highest BCUT2D eigenvalue weighted by Crippen LogP contribution is 2.46. The first kappa shape index (κ1) is 15.2. The molecule has 9 heteroatoms. The normalized spacial score (nSPS) is 17.5. The second-order valence-corrected chi connectivity index (χ2v) is 6.66. The molecule has 0 rings (SSSR count). The van der Waals surface area contributed by atoms with Crippen molar-refractivity contribution in [3.05, 3.63) is 0 Å². The van der Waals surface area contributed by atoms with Gasteiger partial charge in [-0.3, -0.25) is 4.52 Å². The predicted molar refractivity (Wildman–Crippen MR) is 53.5 cm³/mol. The zero-order valence-electron chi connectivity index (χ0n) is 8.62. The fourth-order valence-electron chi connectivity index (χ4n) is 1.38. The molecule has 0 heterocycles. The van der Waals surface area contributed by atoms with Crippen molar-refractivity contribution in [2.45, 2.75) is 38.3 Å². The first-order chi connectivity index (χ1) is 6.58. The number of phosphoric acid groups is 1. The van der Waals surface area contributed by atoms with Crippen molar-refractivity contribution < 1.29 is 33.3 Å². The van der Waals surface area contributed by atoms with Gasteiger partial charge in [0, 0.05) is 0 Å². The average Bonchev–Trinajstić information content (AvgIpc) is 1.98. The summed E-state index contributed by atoms with van der Waals surface area (Å²) in [7, 11) is -9.66. The number of hydrogen-bond donors (Lipinski definition) is 5. The molecular weight excluding hydrogens is 243 g/mol. The minimum absolute atomic E-state index is 0.0374. The third-order valence-electron chi connectivity index (χ3n) is 2.13. The Morgan fingerprint density at radius 2 is 1.73 bits per heavy atom. The molecule has 15 heavy (non-hydrogen) atoms. The fourth-order valence-corrected chi connectivity index (χ4v) is 3.97. The van der Waals surface area contributed by atoms with Gasteiger partial charge in [0.1, 0.15) is 5.22 Å². The van der Waals surface area contributed by atoms with Crippen LogP contribution in [0.3, 0.4) is 0 Å². The van der Waals surface area contributed by atoms with Gasteiger partial charge >= 0.3 is 16.6 Å². The van der Waals surface area contributed by atoms with Crippen LogP contribution in [0.1, 0.15) is 33.1 Å². The van der Waals surface area contributed by atoms with Gasteiger partial charge in [-0.05, 0) is 12.8 Å². The van der Waals surface area contributed by atoms with Gasteiger partial charge in [-0.25, -0.2) is 4.57 Å². The van der Waals surface area contributed by atoms with E-state index in [0.717, 1.165) is 0 Å². The summed E-state index contributed by atoms with van der Waals surface area (Å²) in [6, 6.07) is 0. The summed E-state index contributed by atoms with van der Waals surface area (Å²) in [6.45, 7) is 3.13. The standard InChI is InChI=1S/C6H17O7PSi/c1-3-5-6(4-2,15(10,11)12)13-14(7,8)9/h10-12H,3-5H2,1-2H3,(H2,7,8,9). The topological polar surface area (TPSA) is 127 Å². The van der Waals surface area contributed by atoms with E-state index in [2.05, 4.69) is 4.52 Å². The molecule has 1 unspecified atom stereocenters. The van der Waals surface area contributed by atoms with Gasteiger partial charge < -0.3 is 24.2 Å². The van der Waals surface area contributed by atoms with E-state index in [-0.39, 0.29) is 12.8 Å². The molecule has 5 N–H and O–H groups in total. The van der Waals surface area contributed by atoms with Crippen molar-refractivity contribution in [3.63, 3.8) is 0 Å². The highest BCUT2D eigenvalue weighted by molar-refractivity contribution is 7.46. The second kappa shape index (κ2) is 5.02. The SMILES string of the molecule is CCCC(CC)(OP(=O)(O)O)[Si](O)(O)O. The van der Waals surface area contributed by atoms with Gasteiger partial charge in [0.05, 0.1) is 0 Å². The Hall–Kier alpha value is 0.207. The van der Waals surface area contributed by atoms with Gasteiger partial charge in [-0.2, -0.15) is 0 Å². The molecule has 0 aliphatic carbocycles. The number of rotatable bonds is 6. The van der Waals surface area contributed by atoms with Crippen LogP contribution in [0.5, 0.6) is 0 Å². The zero-order valence-corrected chi connectivity index (χ0v) is 10.5. The number of hydrogen-bond acceptors (Lipinski definition) is 5. The van der Waals surface area contributed by atoms with E-state index in [4.69, 9.17) is 9.79 Å². The minimum atomic E-state index is -4.88. The molecule has 0 aliphatic rings. The largest absolute Gasteiger partial charge is 0.527 e. The molecule has 0 aromatic rings. The van der Waals surface area contributed by atoms with Crippen LogP contribution in [0.4, 0.5) is 0 Å². The lowest BCUT2D eigenvalue weighted by Crippen LogP contribution is -2.60. The molecule has 0 fully saturated rings. The predicted octanol–water partition coefficient (Wildman–Crippen LogP) is -0.500. The van der Waals surface area contributed by atoms with Crippen LogP contribution >= 0.6 is 7.82 Å². The number of phosphoric ester groups is 1. The summed E-state index contributed by atoms with van der Waals surface area (Å²) in [6.07, 6.45) is 0.260. The molecule has 0 amide bonds. The van der Waals surface area contributed by atoms with E-state index in [1.165, 1.54) is 6.92 Å². The van der Waals surface area contributed by atoms with E-state index >= 15 is 0 Å². The molecule has 0 bridgehead atoms. The van der Waals surface area contributed by atoms with Crippen molar-refractivity contribution in [1.29, 1.82) is 0 Å². The summed E-state index contributed by atoms with van der Waals surface area (Å²) in [5, 5.41) is -1.94. The third kappa shape index (κ3) is 4.29. The fraction of sp³-hybridized carbons (Fsp3) is 1.00. The summed E-state index contributed by atoms with van der Waals surface area (Å²) in [5.74, 6) is 0. The van der Waals surface area contributed by atoms with Crippen LogP contribution in [-0.4, -0.2) is 38.2 Å². The highest BCUT2D eigenvalue weighted by Gasteiger charge is 2.56. The second-order valence-electron chi connectivity index (χ2n) is 3.32. The van der Waals surface area contributed by atoms with Crippen LogP contribution in [0, 0.1) is 0 Å². The molecule has 0 aliphatic heterocycles. The molecule has 0 saturated heterocycles. The monoisotopic (exact) mass is 260 g/mol. The summed E-state index contributed by atoms with van der Waals surface area (Å²) < 4.78 is 15.0. The molecule has 92 valence electrons. The van der Waals surface area contributed by atoms with Crippen LogP contribution < -0.4 is 0 Å². The van der Waals surface area contributed by atoms with Crippen LogP contribution in [0.25, 0.3) is 0 Å². The van der Waals surface area contributed by atoms with E-state index in [1.807, 2.05) is 0 Å². The smallest absolute Gasteiger partial charge is 0.388 e. The van der Waals surface area contributed by atoms with Crippen molar-refractivity contribution in [1.82, 2.24) is 0 Å². The lowest BCUT2D eigenvalue weighted by atomic mass is 10.1. The summed E-state index contributed by atoms with van der Waals surface area (Å²) in [5.41, 5.74) is 0. The third-order valence-corrected chi connectivity index (χ3v) is 4.82. The van der Waals surface area contributed by atoms with Crippen LogP contribution in [0.15, 0.2) is 0 Å². The van der Waals surface area contributed by atoms with E-state index < -0.39 is 21.9 Å². The molecule has 7 nitrogen and oxygen atoms in total. The van der Waals surface area contributed by atoms with Crippen LogP contribution in [0.2, 0.25) is 0 Å². The summed E-state index contributed by atoms with van der Waals surface area (Å²) >= 11 is 0. The molecule has 0 aromatic heterocycles. The first-order valence-electron chi connectivity index (χ1n) is 4.51. The quantitative estimate of drug-likeness (QED) is 0.322. The van der Waals surface area contributed by atoms with Gasteiger partial charge in [-0.1, -0.05) is 20.3 Å². The molecule has 0 radical (unpaired) electrons. The highest BCUT2D eigenvalue weighted by atomic mass is 31.2. The zero-order chi connectivity index (χ0) is 12.3. The lowest BCUT2D eigenvalue weighted by Gasteiger charge is -2.35. The van der Waals surface area contributed by atoms with E-state index in [0.29, 0.717) is 6.42 Å². The average molecular weight is 260 g/mol. The van der Waals surface area contributed by atoms with Crippen molar-refractivity contribution in [3.8, 4) is 0 Å². The van der Waals surface area contributed by atoms with Gasteiger partial charge in [0.2, 0.25) is 0 Å². The maximum absolute atomic E-state index is 10.7. The molecule has 0 spiro atoms. The Morgan fingerprint density at radius 3 is 1.93 bits per heavy atom. The van der Waals surface area contributed by atoms with Crippen molar-refractivity contribution in [2.24, 2.45) is 0 Å². The molecule has 0 aromatic carbocycles. The Morgan fingerprint density at radius 1 is 1.27 bits per heavy atom. The van der Waals surface area contributed by atoms with Crippen LogP contribution in [-0.2, 0) is 9.09 Å². The maximum atomic E-state index is 10.7. The Balaban J connectivity index is 5.08. The maximum Gasteiger partial charge on any atom is 0.527 e. The Labute approximate surface area is 88.9 Å². The van der Waals surface area contributed by atoms with Gasteiger partial charge in [-0.15, -0.1) is 0 Å². The summed E-state index contributed by atoms with van der Waals surface area (Å²) in [4.78, 5) is 44.9. The van der Waals surface area contributed by atoms with Crippen molar-refractivity contribution in [2.75, 3.05) is 0 Å². The van der Waals surface area contributed by atoms with Crippen molar-refractivity contribution >= 4 is 16.6 Å². The van der Waals surface area contributed by atoms with Gasteiger partial charge in [0.25, 0.3) is 0 Å². The van der Waals surface area contributed by atoms with E-state index in [1.54, 1.807) is 6.92 Å². The minimum Gasteiger partial charge on any atom is -0.388 e. The Bertz CT molecular complexity index is 246. The lowest BCUT2D eigenvalue weighted by molar-refractivity contribution is 0.0147. The van der Waals surface area contributed by atoms with E-state index in [9.17, 15) is 19.0 Å². The van der Waals surface area contributed by atoms with Gasteiger partial charge in [0.15, 0.2) is 0 Å². The molecule has 0 saturated carbocycles. The molecule has 1 atom stereocenters.